The molecule has 1 aliphatic rings. The average molecular weight is 256 g/mol. The first kappa shape index (κ1) is 11.9. The van der Waals surface area contributed by atoms with E-state index in [0.29, 0.717) is 6.54 Å². The van der Waals surface area contributed by atoms with Crippen molar-refractivity contribution < 1.29 is 4.79 Å². The van der Waals surface area contributed by atoms with Crippen molar-refractivity contribution in [3.05, 3.63) is 48.0 Å². The standard InChI is InChI=1S/C14H16N4O/c19-14(17-7-1-2-8-17)13-5-3-12(4-6-13)9-18-11-15-10-16-18/h3-6,10-11H,1-2,7-9H2. The van der Waals surface area contributed by atoms with E-state index < -0.39 is 0 Å². The van der Waals surface area contributed by atoms with Gasteiger partial charge in [0.2, 0.25) is 0 Å². The Hall–Kier alpha value is -2.17. The molecule has 3 rings (SSSR count). The van der Waals surface area contributed by atoms with E-state index in [1.54, 1.807) is 11.0 Å². The number of hydrogen-bond acceptors (Lipinski definition) is 3. The van der Waals surface area contributed by atoms with Crippen molar-refractivity contribution in [3.63, 3.8) is 0 Å². The topological polar surface area (TPSA) is 51.0 Å². The molecule has 0 unspecified atom stereocenters. The maximum atomic E-state index is 12.2. The molecular formula is C14H16N4O. The van der Waals surface area contributed by atoms with Crippen LogP contribution in [-0.2, 0) is 6.54 Å². The highest BCUT2D eigenvalue weighted by Gasteiger charge is 2.18. The number of carbonyl (C=O) groups is 1. The molecule has 1 saturated heterocycles. The first-order valence-corrected chi connectivity index (χ1v) is 6.53. The van der Waals surface area contributed by atoms with Gasteiger partial charge in [0.1, 0.15) is 12.7 Å². The molecule has 2 heterocycles. The van der Waals surface area contributed by atoms with Crippen LogP contribution < -0.4 is 0 Å². The van der Waals surface area contributed by atoms with Gasteiger partial charge in [-0.1, -0.05) is 12.1 Å². The molecule has 1 aromatic carbocycles. The second-order valence-corrected chi connectivity index (χ2v) is 4.79. The Bertz CT molecular complexity index is 541. The van der Waals surface area contributed by atoms with E-state index in [-0.39, 0.29) is 5.91 Å². The predicted octanol–water partition coefficient (Wildman–Crippen LogP) is 1.56. The number of likely N-dealkylation sites (tertiary alicyclic amines) is 1. The minimum Gasteiger partial charge on any atom is -0.339 e. The molecule has 2 aromatic rings. The van der Waals surface area contributed by atoms with Gasteiger partial charge in [0.05, 0.1) is 6.54 Å². The van der Waals surface area contributed by atoms with E-state index in [0.717, 1.165) is 37.1 Å². The van der Waals surface area contributed by atoms with Gasteiger partial charge in [-0.15, -0.1) is 0 Å². The summed E-state index contributed by atoms with van der Waals surface area (Å²) in [5, 5.41) is 4.06. The number of aromatic nitrogens is 3. The first-order valence-electron chi connectivity index (χ1n) is 6.53. The van der Waals surface area contributed by atoms with Crippen molar-refractivity contribution in [2.24, 2.45) is 0 Å². The molecule has 19 heavy (non-hydrogen) atoms. The zero-order valence-corrected chi connectivity index (χ0v) is 10.7. The summed E-state index contributed by atoms with van der Waals surface area (Å²) in [4.78, 5) is 18.0. The molecule has 1 amide bonds. The minimum atomic E-state index is 0.143. The quantitative estimate of drug-likeness (QED) is 0.837. The maximum absolute atomic E-state index is 12.2. The van der Waals surface area contributed by atoms with Crippen molar-refractivity contribution in [1.29, 1.82) is 0 Å². The van der Waals surface area contributed by atoms with Crippen LogP contribution in [0.4, 0.5) is 0 Å². The third-order valence-corrected chi connectivity index (χ3v) is 3.41. The molecule has 0 atom stereocenters. The third-order valence-electron chi connectivity index (χ3n) is 3.41. The van der Waals surface area contributed by atoms with Gasteiger partial charge < -0.3 is 4.90 Å². The summed E-state index contributed by atoms with van der Waals surface area (Å²) in [6.45, 7) is 2.46. The van der Waals surface area contributed by atoms with Gasteiger partial charge in [-0.25, -0.2) is 9.67 Å². The summed E-state index contributed by atoms with van der Waals surface area (Å²) in [5.74, 6) is 0.143. The van der Waals surface area contributed by atoms with E-state index in [1.165, 1.54) is 6.33 Å². The van der Waals surface area contributed by atoms with Crippen LogP contribution >= 0.6 is 0 Å². The van der Waals surface area contributed by atoms with Gasteiger partial charge in [0.25, 0.3) is 5.91 Å². The number of carbonyl (C=O) groups excluding carboxylic acids is 1. The monoisotopic (exact) mass is 256 g/mol. The van der Waals surface area contributed by atoms with Gasteiger partial charge >= 0.3 is 0 Å². The fourth-order valence-corrected chi connectivity index (χ4v) is 2.36. The van der Waals surface area contributed by atoms with Crippen molar-refractivity contribution >= 4 is 5.91 Å². The lowest BCUT2D eigenvalue weighted by molar-refractivity contribution is 0.0793. The van der Waals surface area contributed by atoms with Crippen LogP contribution in [0.2, 0.25) is 0 Å². The van der Waals surface area contributed by atoms with Crippen LogP contribution in [0.15, 0.2) is 36.9 Å². The Balaban J connectivity index is 1.69. The van der Waals surface area contributed by atoms with E-state index in [1.807, 2.05) is 29.2 Å². The molecule has 0 spiro atoms. The highest BCUT2D eigenvalue weighted by atomic mass is 16.2. The number of rotatable bonds is 3. The molecular weight excluding hydrogens is 240 g/mol. The van der Waals surface area contributed by atoms with Gasteiger partial charge in [-0.2, -0.15) is 5.10 Å². The van der Waals surface area contributed by atoms with Crippen molar-refractivity contribution in [1.82, 2.24) is 19.7 Å². The molecule has 5 nitrogen and oxygen atoms in total. The van der Waals surface area contributed by atoms with Gasteiger partial charge in [-0.05, 0) is 30.5 Å². The summed E-state index contributed by atoms with van der Waals surface area (Å²) in [7, 11) is 0. The molecule has 98 valence electrons. The van der Waals surface area contributed by atoms with Crippen molar-refractivity contribution in [2.45, 2.75) is 19.4 Å². The van der Waals surface area contributed by atoms with Crippen LogP contribution in [0.1, 0.15) is 28.8 Å². The van der Waals surface area contributed by atoms with Crippen LogP contribution in [0, 0.1) is 0 Å². The SMILES string of the molecule is O=C(c1ccc(Cn2cncn2)cc1)N1CCCC1. The average Bonchev–Trinajstić information content (AvgIpc) is 3.12. The van der Waals surface area contributed by atoms with Crippen LogP contribution in [0.3, 0.4) is 0 Å². The second-order valence-electron chi connectivity index (χ2n) is 4.79. The van der Waals surface area contributed by atoms with Crippen molar-refractivity contribution in [2.75, 3.05) is 13.1 Å². The number of benzene rings is 1. The fraction of sp³-hybridized carbons (Fsp3) is 0.357. The fourth-order valence-electron chi connectivity index (χ4n) is 2.36. The lowest BCUT2D eigenvalue weighted by atomic mass is 10.1. The van der Waals surface area contributed by atoms with E-state index in [9.17, 15) is 4.79 Å². The summed E-state index contributed by atoms with van der Waals surface area (Å²) in [6.07, 6.45) is 5.45. The summed E-state index contributed by atoms with van der Waals surface area (Å²) < 4.78 is 1.76. The highest BCUT2D eigenvalue weighted by molar-refractivity contribution is 5.94. The molecule has 1 aliphatic heterocycles. The van der Waals surface area contributed by atoms with Crippen molar-refractivity contribution in [3.8, 4) is 0 Å². The van der Waals surface area contributed by atoms with Gasteiger partial charge in [-0.3, -0.25) is 4.79 Å². The van der Waals surface area contributed by atoms with Gasteiger partial charge in [0, 0.05) is 18.7 Å². The zero-order chi connectivity index (χ0) is 13.1. The summed E-state index contributed by atoms with van der Waals surface area (Å²) >= 11 is 0. The first-order chi connectivity index (χ1) is 9.33. The van der Waals surface area contributed by atoms with Crippen LogP contribution in [0.5, 0.6) is 0 Å². The highest BCUT2D eigenvalue weighted by Crippen LogP contribution is 2.13. The molecule has 0 radical (unpaired) electrons. The molecule has 5 heteroatoms. The second kappa shape index (κ2) is 5.22. The number of hydrogen-bond donors (Lipinski definition) is 0. The Labute approximate surface area is 111 Å². The molecule has 0 N–H and O–H groups in total. The Morgan fingerprint density at radius 2 is 1.89 bits per heavy atom. The molecule has 0 bridgehead atoms. The summed E-state index contributed by atoms with van der Waals surface area (Å²) in [6, 6.07) is 7.75. The molecule has 1 aromatic heterocycles. The Morgan fingerprint density at radius 1 is 1.16 bits per heavy atom. The normalized spacial score (nSPS) is 14.8. The zero-order valence-electron chi connectivity index (χ0n) is 10.7. The van der Waals surface area contributed by atoms with E-state index >= 15 is 0 Å². The molecule has 0 saturated carbocycles. The van der Waals surface area contributed by atoms with E-state index in [4.69, 9.17) is 0 Å². The smallest absolute Gasteiger partial charge is 0.253 e. The maximum Gasteiger partial charge on any atom is 0.253 e. The molecule has 0 aliphatic carbocycles. The molecule has 1 fully saturated rings. The number of amides is 1. The minimum absolute atomic E-state index is 0.143. The third kappa shape index (κ3) is 2.65. The van der Waals surface area contributed by atoms with E-state index in [2.05, 4.69) is 10.1 Å². The lowest BCUT2D eigenvalue weighted by Gasteiger charge is -2.15. The Kier molecular flexibility index (Phi) is 3.27. The van der Waals surface area contributed by atoms with Gasteiger partial charge in [0.15, 0.2) is 0 Å². The largest absolute Gasteiger partial charge is 0.339 e. The van der Waals surface area contributed by atoms with Crippen LogP contribution in [0.25, 0.3) is 0 Å². The predicted molar refractivity (Wildman–Crippen MR) is 70.7 cm³/mol. The number of nitrogens with zero attached hydrogens (tertiary/aromatic N) is 4. The lowest BCUT2D eigenvalue weighted by Crippen LogP contribution is -2.27. The van der Waals surface area contributed by atoms with Crippen LogP contribution in [-0.4, -0.2) is 38.7 Å². The summed E-state index contributed by atoms with van der Waals surface area (Å²) in [5.41, 5.74) is 1.88. The Morgan fingerprint density at radius 3 is 2.53 bits per heavy atom.